The molecule has 0 saturated carbocycles. The van der Waals surface area contributed by atoms with E-state index >= 15 is 0 Å². The maximum absolute atomic E-state index is 13.0. The number of azide groups is 1. The fourth-order valence-corrected chi connectivity index (χ4v) is 1.11. The average molecular weight is 248 g/mol. The Labute approximate surface area is 81.1 Å². The van der Waals surface area contributed by atoms with Crippen molar-refractivity contribution in [1.29, 1.82) is 0 Å². The van der Waals surface area contributed by atoms with Crippen molar-refractivity contribution in [3.63, 3.8) is 0 Å². The molecule has 0 aliphatic rings. The number of hydrogen-bond donors (Lipinski definition) is 0. The van der Waals surface area contributed by atoms with Crippen LogP contribution in [0.4, 0.5) is 8.78 Å². The van der Waals surface area contributed by atoms with Crippen LogP contribution in [0, 0.1) is 11.6 Å². The highest BCUT2D eigenvalue weighted by molar-refractivity contribution is 9.10. The van der Waals surface area contributed by atoms with Crippen molar-refractivity contribution >= 4 is 15.9 Å². The van der Waals surface area contributed by atoms with E-state index in [0.717, 1.165) is 12.1 Å². The number of halogens is 3. The Hall–Kier alpha value is -1.13. The lowest BCUT2D eigenvalue weighted by Gasteiger charge is -2.00. The first-order chi connectivity index (χ1) is 6.15. The highest BCUT2D eigenvalue weighted by atomic mass is 79.9. The van der Waals surface area contributed by atoms with Gasteiger partial charge in [0.15, 0.2) is 0 Å². The van der Waals surface area contributed by atoms with Crippen LogP contribution in [-0.2, 0) is 6.54 Å². The molecule has 6 heteroatoms. The maximum atomic E-state index is 13.0. The summed E-state index contributed by atoms with van der Waals surface area (Å²) in [6.07, 6.45) is 0. The summed E-state index contributed by atoms with van der Waals surface area (Å²) >= 11 is 2.83. The van der Waals surface area contributed by atoms with Gasteiger partial charge in [0.25, 0.3) is 0 Å². The predicted molar refractivity (Wildman–Crippen MR) is 46.9 cm³/mol. The third kappa shape index (κ3) is 2.40. The molecule has 0 unspecified atom stereocenters. The van der Waals surface area contributed by atoms with E-state index < -0.39 is 11.6 Å². The molecule has 0 amide bonds. The van der Waals surface area contributed by atoms with E-state index in [1.807, 2.05) is 0 Å². The normalized spacial score (nSPS) is 9.46. The molecule has 0 atom stereocenters. The molecule has 0 aliphatic carbocycles. The molecule has 0 saturated heterocycles. The molecule has 1 aromatic rings. The minimum atomic E-state index is -0.597. The van der Waals surface area contributed by atoms with Gasteiger partial charge in [0.1, 0.15) is 11.6 Å². The number of hydrogen-bond acceptors (Lipinski definition) is 1. The Balaban J connectivity index is 3.07. The summed E-state index contributed by atoms with van der Waals surface area (Å²) in [7, 11) is 0. The molecule has 0 spiro atoms. The van der Waals surface area contributed by atoms with Crippen molar-refractivity contribution in [2.45, 2.75) is 6.54 Å². The van der Waals surface area contributed by atoms with Gasteiger partial charge in [0, 0.05) is 4.91 Å². The smallest absolute Gasteiger partial charge is 0.137 e. The Bertz CT molecular complexity index is 374. The third-order valence-corrected chi connectivity index (χ3v) is 2.00. The Kier molecular flexibility index (Phi) is 3.22. The van der Waals surface area contributed by atoms with Gasteiger partial charge in [-0.25, -0.2) is 8.78 Å². The first-order valence-corrected chi connectivity index (χ1v) is 4.08. The van der Waals surface area contributed by atoms with Crippen molar-refractivity contribution in [2.75, 3.05) is 0 Å². The van der Waals surface area contributed by atoms with Crippen molar-refractivity contribution in [3.8, 4) is 0 Å². The highest BCUT2D eigenvalue weighted by Gasteiger charge is 2.06. The van der Waals surface area contributed by atoms with E-state index in [2.05, 4.69) is 26.0 Å². The lowest BCUT2D eigenvalue weighted by atomic mass is 10.2. The number of rotatable bonds is 2. The highest BCUT2D eigenvalue weighted by Crippen LogP contribution is 2.20. The molecule has 1 rings (SSSR count). The lowest BCUT2D eigenvalue weighted by molar-refractivity contribution is 0.580. The van der Waals surface area contributed by atoms with E-state index in [4.69, 9.17) is 5.53 Å². The van der Waals surface area contributed by atoms with Crippen LogP contribution in [0.1, 0.15) is 5.56 Å². The van der Waals surface area contributed by atoms with Crippen LogP contribution in [0.25, 0.3) is 10.4 Å². The molecule has 0 heterocycles. The molecule has 0 fully saturated rings. The molecule has 0 aromatic heterocycles. The minimum Gasteiger partial charge on any atom is -0.207 e. The molecule has 0 bridgehead atoms. The van der Waals surface area contributed by atoms with Gasteiger partial charge in [0.05, 0.1) is 11.0 Å². The van der Waals surface area contributed by atoms with Crippen molar-refractivity contribution in [1.82, 2.24) is 0 Å². The summed E-state index contributed by atoms with van der Waals surface area (Å²) in [4.78, 5) is 2.45. The summed E-state index contributed by atoms with van der Waals surface area (Å²) in [5.74, 6) is -1.18. The molecule has 0 radical (unpaired) electrons. The van der Waals surface area contributed by atoms with Gasteiger partial charge >= 0.3 is 0 Å². The SMILES string of the molecule is [N-]=[N+]=NCc1cc(F)c(Br)cc1F. The van der Waals surface area contributed by atoms with Gasteiger partial charge in [-0.05, 0) is 39.2 Å². The van der Waals surface area contributed by atoms with E-state index in [9.17, 15) is 8.78 Å². The maximum Gasteiger partial charge on any atom is 0.137 e. The number of nitrogens with zero attached hydrogens (tertiary/aromatic N) is 3. The van der Waals surface area contributed by atoms with Gasteiger partial charge in [-0.1, -0.05) is 5.11 Å². The van der Waals surface area contributed by atoms with Crippen molar-refractivity contribution in [2.24, 2.45) is 5.11 Å². The molecule has 68 valence electrons. The molecule has 0 aliphatic heterocycles. The molecule has 3 nitrogen and oxygen atoms in total. The zero-order chi connectivity index (χ0) is 9.84. The van der Waals surface area contributed by atoms with Crippen LogP contribution in [0.3, 0.4) is 0 Å². The van der Waals surface area contributed by atoms with Crippen LogP contribution in [0.2, 0.25) is 0 Å². The van der Waals surface area contributed by atoms with Crippen LogP contribution >= 0.6 is 15.9 Å². The standard InChI is InChI=1S/C7H4BrF2N3/c8-5-2-6(9)4(1-7(5)10)3-12-13-11/h1-2H,3H2. The van der Waals surface area contributed by atoms with Gasteiger partial charge in [-0.2, -0.15) is 0 Å². The Morgan fingerprint density at radius 1 is 1.38 bits per heavy atom. The predicted octanol–water partition coefficient (Wildman–Crippen LogP) is 3.54. The van der Waals surface area contributed by atoms with Gasteiger partial charge in [0.2, 0.25) is 0 Å². The molecule has 13 heavy (non-hydrogen) atoms. The zero-order valence-corrected chi connectivity index (χ0v) is 7.92. The molecule has 0 N–H and O–H groups in total. The van der Waals surface area contributed by atoms with E-state index in [1.54, 1.807) is 0 Å². The van der Waals surface area contributed by atoms with E-state index in [0.29, 0.717) is 0 Å². The molecular formula is C7H4BrF2N3. The van der Waals surface area contributed by atoms with E-state index in [1.165, 1.54) is 0 Å². The molecular weight excluding hydrogens is 244 g/mol. The summed E-state index contributed by atoms with van der Waals surface area (Å²) in [5.41, 5.74) is 8.02. The fourth-order valence-electron chi connectivity index (χ4n) is 0.793. The second-order valence-electron chi connectivity index (χ2n) is 2.25. The van der Waals surface area contributed by atoms with Crippen molar-refractivity contribution in [3.05, 3.63) is 44.2 Å². The summed E-state index contributed by atoms with van der Waals surface area (Å²) < 4.78 is 25.9. The Morgan fingerprint density at radius 3 is 2.69 bits per heavy atom. The van der Waals surface area contributed by atoms with Crippen LogP contribution < -0.4 is 0 Å². The summed E-state index contributed by atoms with van der Waals surface area (Å²) in [6.45, 7) is -0.188. The minimum absolute atomic E-state index is 0.0403. The largest absolute Gasteiger partial charge is 0.207 e. The van der Waals surface area contributed by atoms with Crippen LogP contribution in [0.5, 0.6) is 0 Å². The van der Waals surface area contributed by atoms with Crippen LogP contribution in [0.15, 0.2) is 21.7 Å². The van der Waals surface area contributed by atoms with Crippen LogP contribution in [-0.4, -0.2) is 0 Å². The third-order valence-electron chi connectivity index (χ3n) is 1.39. The second kappa shape index (κ2) is 4.20. The number of benzene rings is 1. The second-order valence-corrected chi connectivity index (χ2v) is 3.10. The first-order valence-electron chi connectivity index (χ1n) is 3.29. The quantitative estimate of drug-likeness (QED) is 0.332. The Morgan fingerprint density at radius 2 is 2.08 bits per heavy atom. The summed E-state index contributed by atoms with van der Waals surface area (Å²) in [5, 5.41) is 3.13. The molecule has 1 aromatic carbocycles. The fraction of sp³-hybridized carbons (Fsp3) is 0.143. The zero-order valence-electron chi connectivity index (χ0n) is 6.34. The monoisotopic (exact) mass is 247 g/mol. The average Bonchev–Trinajstić information content (AvgIpc) is 2.09. The first kappa shape index (κ1) is 9.95. The van der Waals surface area contributed by atoms with Gasteiger partial charge in [-0.3, -0.25) is 0 Å². The van der Waals surface area contributed by atoms with Gasteiger partial charge in [-0.15, -0.1) is 0 Å². The topological polar surface area (TPSA) is 48.8 Å². The summed E-state index contributed by atoms with van der Waals surface area (Å²) in [6, 6.07) is 1.99. The van der Waals surface area contributed by atoms with E-state index in [-0.39, 0.29) is 16.6 Å². The van der Waals surface area contributed by atoms with Crippen molar-refractivity contribution < 1.29 is 8.78 Å². The van der Waals surface area contributed by atoms with Gasteiger partial charge < -0.3 is 0 Å². The lowest BCUT2D eigenvalue weighted by Crippen LogP contribution is -1.90.